The van der Waals surface area contributed by atoms with Crippen LogP contribution in [-0.2, 0) is 31.0 Å². The SMILES string of the molecule is CC(C)N1C2CCC1CN(Cc1ccccc1)C2.CC(C)N1CC2CCC(C1)N2Cc1ccccc1.CC(C)N1CCN(Cc2ccc(F)cc2)C(=O)C1.CC(C)N1CCN(c2ccc(Br)cc2)C(C)(C)C1.CC(C)N1CCN(c2ccc(CO)cc2)C(C)(C)C1.CC(C)N1CCN(c2ccc(F)cc2)[C@@H](C)C1.COc1cccc(N2CCN(C(C)C)CC2(C)C)c1. The molecule has 9 saturated heterocycles. The second-order valence-electron chi connectivity index (χ2n) is 40.9. The van der Waals surface area contributed by atoms with Gasteiger partial charge in [0.1, 0.15) is 17.4 Å². The zero-order valence-corrected chi connectivity index (χ0v) is 83.6. The van der Waals surface area contributed by atoms with Crippen molar-refractivity contribution in [1.29, 1.82) is 0 Å². The first-order valence-corrected chi connectivity index (χ1v) is 48.9. The number of carbonyl (C=O) groups excluding carboxylic acids is 1. The number of halogens is 3. The van der Waals surface area contributed by atoms with Gasteiger partial charge in [0.25, 0.3) is 0 Å². The summed E-state index contributed by atoms with van der Waals surface area (Å²) in [7, 11) is 1.72. The highest BCUT2D eigenvalue weighted by Crippen LogP contribution is 2.37. The Kier molecular flexibility index (Phi) is 38.5. The molecule has 0 radical (unpaired) electrons. The van der Waals surface area contributed by atoms with E-state index in [9.17, 15) is 13.6 Å². The van der Waals surface area contributed by atoms with Crippen LogP contribution in [0.25, 0.3) is 0 Å². The van der Waals surface area contributed by atoms with Crippen molar-refractivity contribution >= 4 is 44.6 Å². The molecule has 9 heterocycles. The number of piperazine rings is 7. The third-order valence-electron chi connectivity index (χ3n) is 27.9. The fourth-order valence-corrected chi connectivity index (χ4v) is 20.7. The third-order valence-corrected chi connectivity index (χ3v) is 28.4. The van der Waals surface area contributed by atoms with Gasteiger partial charge in [-0.3, -0.25) is 48.9 Å². The van der Waals surface area contributed by atoms with Crippen LogP contribution in [0.1, 0.15) is 193 Å². The molecular weight excluding hydrogens is 1650 g/mol. The largest absolute Gasteiger partial charge is 0.497 e. The van der Waals surface area contributed by atoms with Crippen molar-refractivity contribution in [2.75, 3.05) is 151 Å². The van der Waals surface area contributed by atoms with Crippen molar-refractivity contribution in [2.24, 2.45) is 0 Å². The molecule has 9 fully saturated rings. The van der Waals surface area contributed by atoms with Crippen LogP contribution in [0, 0.1) is 11.6 Å². The smallest absolute Gasteiger partial charge is 0.237 e. The molecule has 0 spiro atoms. The van der Waals surface area contributed by atoms with E-state index >= 15 is 0 Å². The van der Waals surface area contributed by atoms with E-state index in [2.05, 4.69) is 340 Å². The Bertz CT molecular complexity index is 4320. The molecule has 0 aliphatic carbocycles. The van der Waals surface area contributed by atoms with Gasteiger partial charge in [-0.1, -0.05) is 107 Å². The molecule has 7 aromatic rings. The minimum absolute atomic E-state index is 0.116. The van der Waals surface area contributed by atoms with Gasteiger partial charge in [0, 0.05) is 260 Å². The molecule has 0 aromatic heterocycles. The summed E-state index contributed by atoms with van der Waals surface area (Å²) in [6.07, 6.45) is 5.57. The van der Waals surface area contributed by atoms with Crippen LogP contribution >= 0.6 is 15.9 Å². The molecule has 7 aromatic carbocycles. The van der Waals surface area contributed by atoms with Gasteiger partial charge in [-0.25, -0.2) is 8.78 Å². The molecular formula is C107H163BrF2N14O3. The van der Waals surface area contributed by atoms with Crippen LogP contribution < -0.4 is 24.3 Å². The number of anilines is 4. The summed E-state index contributed by atoms with van der Waals surface area (Å²) < 4.78 is 32.2. The zero-order chi connectivity index (χ0) is 92.0. The summed E-state index contributed by atoms with van der Waals surface area (Å²) in [5.41, 5.74) is 10.3. The number of hydrogen-bond acceptors (Lipinski definition) is 16. The first-order chi connectivity index (χ1) is 60.4. The van der Waals surface area contributed by atoms with E-state index in [-0.39, 0.29) is 40.8 Å². The highest BCUT2D eigenvalue weighted by atomic mass is 79.9. The van der Waals surface area contributed by atoms with Crippen LogP contribution in [0.4, 0.5) is 31.5 Å². The molecule has 9 aliphatic heterocycles. The Morgan fingerprint density at radius 1 is 0.394 bits per heavy atom. The number of ether oxygens (including phenoxy) is 1. The van der Waals surface area contributed by atoms with E-state index in [0.29, 0.717) is 61.4 Å². The molecule has 17 nitrogen and oxygen atoms in total. The maximum atomic E-state index is 12.9. The number of carbonyl (C=O) groups is 1. The number of fused-ring (bicyclic) bond motifs is 4. The summed E-state index contributed by atoms with van der Waals surface area (Å²) in [5.74, 6) is 0.677. The van der Waals surface area contributed by atoms with Gasteiger partial charge in [0.15, 0.2) is 0 Å². The van der Waals surface area contributed by atoms with E-state index in [0.717, 1.165) is 156 Å². The Morgan fingerprint density at radius 2 is 0.795 bits per heavy atom. The van der Waals surface area contributed by atoms with Crippen LogP contribution in [0.5, 0.6) is 5.75 Å². The number of benzene rings is 7. The van der Waals surface area contributed by atoms with Gasteiger partial charge in [0.05, 0.1) is 20.3 Å². The van der Waals surface area contributed by atoms with Crippen molar-refractivity contribution in [3.05, 3.63) is 220 Å². The number of aliphatic hydroxyl groups is 1. The minimum Gasteiger partial charge on any atom is -0.497 e. The highest BCUT2D eigenvalue weighted by Gasteiger charge is 2.43. The number of hydrogen-bond donors (Lipinski definition) is 1. The summed E-state index contributed by atoms with van der Waals surface area (Å²) in [6.45, 7) is 71.1. The second kappa shape index (κ2) is 47.9. The zero-order valence-electron chi connectivity index (χ0n) is 82.0. The Morgan fingerprint density at radius 3 is 1.22 bits per heavy atom. The van der Waals surface area contributed by atoms with Gasteiger partial charge in [-0.2, -0.15) is 0 Å². The van der Waals surface area contributed by atoms with E-state index in [4.69, 9.17) is 9.84 Å². The summed E-state index contributed by atoms with van der Waals surface area (Å²) in [6, 6.07) is 68.2. The number of amides is 1. The Labute approximate surface area is 775 Å². The topological polar surface area (TPSA) is 91.9 Å². The lowest BCUT2D eigenvalue weighted by Gasteiger charge is -2.49. The first-order valence-electron chi connectivity index (χ1n) is 48.1. The molecule has 20 heteroatoms. The fraction of sp³-hybridized carbons (Fsp3) is 0.598. The molecule has 700 valence electrons. The van der Waals surface area contributed by atoms with Crippen molar-refractivity contribution in [2.45, 2.75) is 286 Å². The second-order valence-corrected chi connectivity index (χ2v) is 41.8. The summed E-state index contributed by atoms with van der Waals surface area (Å²) in [5, 5.41) is 9.12. The normalized spacial score (nSPS) is 22.5. The number of likely N-dealkylation sites (tertiary alicyclic amines) is 2. The van der Waals surface area contributed by atoms with Gasteiger partial charge in [0.2, 0.25) is 5.91 Å². The average Bonchev–Trinajstić information content (AvgIpc) is 1.74. The number of methoxy groups -OCH3 is 1. The van der Waals surface area contributed by atoms with E-state index in [1.54, 1.807) is 19.2 Å². The Balaban J connectivity index is 0.000000154. The third kappa shape index (κ3) is 29.5. The van der Waals surface area contributed by atoms with Crippen molar-refractivity contribution in [1.82, 2.24) is 49.0 Å². The van der Waals surface area contributed by atoms with Crippen molar-refractivity contribution in [3.8, 4) is 5.75 Å². The molecule has 16 rings (SSSR count). The van der Waals surface area contributed by atoms with Crippen molar-refractivity contribution < 1.29 is 23.4 Å². The van der Waals surface area contributed by atoms with Gasteiger partial charge in [-0.05, 0) is 278 Å². The molecule has 4 unspecified atom stereocenters. The van der Waals surface area contributed by atoms with Gasteiger partial charge in [-0.15, -0.1) is 0 Å². The first kappa shape index (κ1) is 102. The standard InChI is InChI=1S/2C16H26N2O.2C16H24N2.C15H23BrN2.C14H19FN2O.C14H21FN2/c1-13(2)17-9-10-18(16(3,4)12-17)14-7-6-8-15(11-14)19-5;1-13(2)17-9-10-18(16(3,4)12-17)15-7-5-14(11-19)6-8-15;1-13(2)17-11-15-8-9-16(12-17)18(15)10-14-6-4-3-5-7-14;1-13(2)18-15-8-9-16(18)12-17(11-15)10-14-6-4-3-5-7-14;1-12(2)17-9-10-18(15(3,4)11-17)14-7-5-13(16)6-8-14;1-11(2)16-7-8-17(14(18)10-16)9-12-3-5-13(15)6-4-12;1-11(2)16-8-9-17(12(3)10-16)14-6-4-13(15)5-7-14/h6-8,11,13H,9-10,12H2,1-5H3;5-8,13,19H,9-12H2,1-4H3;2*3-7,13,15-16H,8-12H2,1-2H3;5-8,12H,9-11H2,1-4H3;3-6,11H,7-10H2,1-2H3;4-7,11-12H,8-10H2,1-3H3/t;;;;;;12-/m......0/s1. The molecule has 1 N–H and O–H groups in total. The van der Waals surface area contributed by atoms with E-state index < -0.39 is 0 Å². The summed E-state index contributed by atoms with van der Waals surface area (Å²) in [4.78, 5) is 46.8. The van der Waals surface area contributed by atoms with Crippen LogP contribution in [0.2, 0.25) is 0 Å². The predicted octanol–water partition coefficient (Wildman–Crippen LogP) is 19.4. The fourth-order valence-electron chi connectivity index (χ4n) is 20.5. The maximum absolute atomic E-state index is 12.9. The lowest BCUT2D eigenvalue weighted by atomic mass is 9.96. The van der Waals surface area contributed by atoms with E-state index in [1.165, 1.54) is 104 Å². The number of rotatable bonds is 19. The molecule has 4 bridgehead atoms. The van der Waals surface area contributed by atoms with Crippen LogP contribution in [0.3, 0.4) is 0 Å². The summed E-state index contributed by atoms with van der Waals surface area (Å²) >= 11 is 3.50. The lowest BCUT2D eigenvalue weighted by molar-refractivity contribution is -0.137. The monoisotopic (exact) mass is 1810 g/mol. The van der Waals surface area contributed by atoms with Gasteiger partial charge < -0.3 is 34.3 Å². The highest BCUT2D eigenvalue weighted by molar-refractivity contribution is 9.10. The molecule has 1 amide bonds. The van der Waals surface area contributed by atoms with Gasteiger partial charge >= 0.3 is 0 Å². The lowest BCUT2D eigenvalue weighted by Crippen LogP contribution is -2.60. The average molecular weight is 1810 g/mol. The quantitative estimate of drug-likeness (QED) is 0.0832. The molecule has 9 aliphatic rings. The minimum atomic E-state index is -0.241. The number of aliphatic hydroxyl groups excluding tert-OH is 1. The number of nitrogens with zero attached hydrogens (tertiary/aromatic N) is 14. The van der Waals surface area contributed by atoms with Crippen LogP contribution in [0.15, 0.2) is 186 Å². The Hall–Kier alpha value is -7.05. The molecule has 0 saturated carbocycles. The maximum Gasteiger partial charge on any atom is 0.237 e. The predicted molar refractivity (Wildman–Crippen MR) is 533 cm³/mol. The molecule has 127 heavy (non-hydrogen) atoms. The van der Waals surface area contributed by atoms with Crippen LogP contribution in [-0.4, -0.2) is 281 Å². The molecule has 5 atom stereocenters. The van der Waals surface area contributed by atoms with Crippen molar-refractivity contribution in [3.63, 3.8) is 0 Å². The van der Waals surface area contributed by atoms with E-state index in [1.807, 2.05) is 35.2 Å².